The van der Waals surface area contributed by atoms with E-state index in [1.165, 1.54) is 103 Å². The molecule has 0 aromatic rings. The molecule has 0 aliphatic heterocycles. The Morgan fingerprint density at radius 1 is 0.483 bits per heavy atom. The third-order valence-corrected chi connectivity index (χ3v) is 6.33. The summed E-state index contributed by atoms with van der Waals surface area (Å²) in [5.41, 5.74) is 0. The van der Waals surface area contributed by atoms with Gasteiger partial charge in [-0.25, -0.2) is 0 Å². The van der Waals surface area contributed by atoms with Crippen LogP contribution in [0.15, 0.2) is 0 Å². The van der Waals surface area contributed by atoms with Crippen molar-refractivity contribution >= 4 is 0 Å². The van der Waals surface area contributed by atoms with Crippen LogP contribution in [0.2, 0.25) is 0 Å². The molecule has 0 saturated heterocycles. The van der Waals surface area contributed by atoms with Crippen molar-refractivity contribution in [3.8, 4) is 0 Å². The summed E-state index contributed by atoms with van der Waals surface area (Å²) in [6.07, 6.45) is 26.3. The van der Waals surface area contributed by atoms with E-state index in [0.717, 1.165) is 25.7 Å². The van der Waals surface area contributed by atoms with Crippen molar-refractivity contribution in [2.24, 2.45) is 5.92 Å². The highest BCUT2D eigenvalue weighted by Gasteiger charge is 2.33. The molecule has 0 aromatic carbocycles. The zero-order chi connectivity index (χ0) is 21.6. The summed E-state index contributed by atoms with van der Waals surface area (Å²) in [4.78, 5) is 0. The monoisotopic (exact) mass is 416 g/mol. The van der Waals surface area contributed by atoms with Crippen molar-refractivity contribution in [1.29, 1.82) is 0 Å². The Morgan fingerprint density at radius 2 is 0.724 bits per heavy atom. The molecular weight excluding hydrogens is 363 g/mol. The summed E-state index contributed by atoms with van der Waals surface area (Å²) in [5.74, 6) is -0.619. The average Bonchev–Trinajstić information content (AvgIpc) is 2.68. The highest BCUT2D eigenvalue weighted by atomic mass is 19.2. The van der Waals surface area contributed by atoms with E-state index < -0.39 is 12.0 Å². The molecule has 0 rings (SSSR count). The van der Waals surface area contributed by atoms with Crippen LogP contribution in [0.1, 0.15) is 155 Å². The van der Waals surface area contributed by atoms with Crippen LogP contribution >= 0.6 is 0 Å². The maximum absolute atomic E-state index is 13.7. The van der Waals surface area contributed by atoms with Gasteiger partial charge >= 0.3 is 6.04 Å². The van der Waals surface area contributed by atoms with Crippen molar-refractivity contribution in [1.82, 2.24) is 0 Å². The largest absolute Gasteiger partial charge is 0.340 e. The van der Waals surface area contributed by atoms with E-state index in [9.17, 15) is 14.6 Å². The molecule has 0 saturated carbocycles. The molecule has 0 fully saturated rings. The number of unbranched alkanes of at least 4 members (excludes halogenated alkanes) is 18. The number of aliphatic hydroxyl groups is 2. The lowest BCUT2D eigenvalue weighted by Gasteiger charge is -2.24. The van der Waals surface area contributed by atoms with Crippen LogP contribution in [0, 0.1) is 5.92 Å². The number of alkyl halides is 1. The first-order valence-corrected chi connectivity index (χ1v) is 13.2. The van der Waals surface area contributed by atoms with Gasteiger partial charge in [0.05, 0.1) is 0 Å². The van der Waals surface area contributed by atoms with Crippen molar-refractivity contribution in [2.45, 2.75) is 161 Å². The molecule has 1 atom stereocenters. The molecule has 0 heterocycles. The van der Waals surface area contributed by atoms with Gasteiger partial charge in [-0.3, -0.25) is 0 Å². The van der Waals surface area contributed by atoms with E-state index in [2.05, 4.69) is 13.8 Å². The minimum atomic E-state index is -3.00. The summed E-state index contributed by atoms with van der Waals surface area (Å²) < 4.78 is 13.7. The van der Waals surface area contributed by atoms with Crippen LogP contribution in [0.3, 0.4) is 0 Å². The molecule has 3 heteroatoms. The maximum atomic E-state index is 13.7. The predicted molar refractivity (Wildman–Crippen MR) is 125 cm³/mol. The van der Waals surface area contributed by atoms with Crippen molar-refractivity contribution in [3.63, 3.8) is 0 Å². The molecule has 0 aliphatic rings. The number of hydrogen-bond donors (Lipinski definition) is 2. The summed E-state index contributed by atoms with van der Waals surface area (Å²) >= 11 is 0. The number of rotatable bonds is 23. The van der Waals surface area contributed by atoms with Crippen LogP contribution in [0.25, 0.3) is 0 Å². The zero-order valence-electron chi connectivity index (χ0n) is 19.9. The summed E-state index contributed by atoms with van der Waals surface area (Å²) in [5, 5.41) is 18.8. The second kappa shape index (κ2) is 21.1. The third-order valence-electron chi connectivity index (χ3n) is 6.33. The van der Waals surface area contributed by atoms with Gasteiger partial charge < -0.3 is 10.2 Å². The first-order valence-electron chi connectivity index (χ1n) is 13.2. The second-order valence-corrected chi connectivity index (χ2v) is 9.27. The van der Waals surface area contributed by atoms with Gasteiger partial charge in [0.2, 0.25) is 0 Å². The van der Waals surface area contributed by atoms with E-state index >= 15 is 0 Å². The first-order chi connectivity index (χ1) is 14.0. The molecule has 0 amide bonds. The fourth-order valence-corrected chi connectivity index (χ4v) is 4.27. The quantitative estimate of drug-likeness (QED) is 0.129. The molecule has 0 spiro atoms. The minimum Gasteiger partial charge on any atom is -0.340 e. The van der Waals surface area contributed by atoms with Crippen LogP contribution in [0.5, 0.6) is 0 Å². The van der Waals surface area contributed by atoms with Gasteiger partial charge in [0.25, 0.3) is 0 Å². The molecular formula is C26H53FO2. The lowest BCUT2D eigenvalue weighted by atomic mass is 9.92. The van der Waals surface area contributed by atoms with Crippen LogP contribution in [-0.4, -0.2) is 16.3 Å². The van der Waals surface area contributed by atoms with E-state index in [-0.39, 0.29) is 0 Å². The third kappa shape index (κ3) is 20.9. The fourth-order valence-electron chi connectivity index (χ4n) is 4.27. The molecule has 1 unspecified atom stereocenters. The van der Waals surface area contributed by atoms with Gasteiger partial charge in [-0.1, -0.05) is 142 Å². The molecule has 0 bridgehead atoms. The Kier molecular flexibility index (Phi) is 21.0. The molecule has 0 radical (unpaired) electrons. The SMILES string of the molecule is CCCCCCCCCCCCCCCCC(CCCCCCCC)C(O)(O)F. The number of halogens is 1. The van der Waals surface area contributed by atoms with Crippen molar-refractivity contribution < 1.29 is 14.6 Å². The minimum absolute atomic E-state index is 0.591. The van der Waals surface area contributed by atoms with Crippen LogP contribution < -0.4 is 0 Å². The van der Waals surface area contributed by atoms with Gasteiger partial charge in [-0.2, -0.15) is 4.39 Å². The first kappa shape index (κ1) is 28.9. The van der Waals surface area contributed by atoms with E-state index in [0.29, 0.717) is 12.8 Å². The fraction of sp³-hybridized carbons (Fsp3) is 1.00. The van der Waals surface area contributed by atoms with Gasteiger partial charge in [0.1, 0.15) is 0 Å². The zero-order valence-corrected chi connectivity index (χ0v) is 19.9. The molecule has 2 N–H and O–H groups in total. The summed E-state index contributed by atoms with van der Waals surface area (Å²) in [6, 6.07) is -3.00. The number of hydrogen-bond acceptors (Lipinski definition) is 2. The second-order valence-electron chi connectivity index (χ2n) is 9.27. The highest BCUT2D eigenvalue weighted by Crippen LogP contribution is 2.28. The Morgan fingerprint density at radius 3 is 0.966 bits per heavy atom. The van der Waals surface area contributed by atoms with Crippen LogP contribution in [0.4, 0.5) is 4.39 Å². The molecule has 29 heavy (non-hydrogen) atoms. The van der Waals surface area contributed by atoms with Crippen LogP contribution in [-0.2, 0) is 0 Å². The van der Waals surface area contributed by atoms with Gasteiger partial charge in [-0.15, -0.1) is 0 Å². The van der Waals surface area contributed by atoms with Gasteiger partial charge in [0, 0.05) is 5.92 Å². The summed E-state index contributed by atoms with van der Waals surface area (Å²) in [6.45, 7) is 4.46. The molecule has 2 nitrogen and oxygen atoms in total. The smallest absolute Gasteiger partial charge is 0.318 e. The Balaban J connectivity index is 3.51. The molecule has 0 aromatic heterocycles. The standard InChI is InChI=1S/C26H53FO2/c1-3-5-7-9-11-12-13-14-15-16-17-18-20-22-24-25(26(27,28)29)23-21-19-10-8-6-4-2/h25,28-29H,3-24H2,1-2H3. The average molecular weight is 417 g/mol. The Bertz CT molecular complexity index is 314. The maximum Gasteiger partial charge on any atom is 0.318 e. The van der Waals surface area contributed by atoms with Gasteiger partial charge in [0.15, 0.2) is 0 Å². The van der Waals surface area contributed by atoms with E-state index in [4.69, 9.17) is 0 Å². The summed E-state index contributed by atoms with van der Waals surface area (Å²) in [7, 11) is 0. The topological polar surface area (TPSA) is 40.5 Å². The molecule has 176 valence electrons. The molecule has 0 aliphatic carbocycles. The Hall–Kier alpha value is -0.150. The van der Waals surface area contributed by atoms with Crippen molar-refractivity contribution in [2.75, 3.05) is 0 Å². The van der Waals surface area contributed by atoms with Crippen molar-refractivity contribution in [3.05, 3.63) is 0 Å². The predicted octanol–water partition coefficient (Wildman–Crippen LogP) is 8.83. The van der Waals surface area contributed by atoms with Gasteiger partial charge in [-0.05, 0) is 12.8 Å². The lowest BCUT2D eigenvalue weighted by molar-refractivity contribution is -0.295. The lowest BCUT2D eigenvalue weighted by Crippen LogP contribution is -2.32. The normalized spacial score (nSPS) is 13.1. The highest BCUT2D eigenvalue weighted by molar-refractivity contribution is 4.67. The van der Waals surface area contributed by atoms with E-state index in [1.54, 1.807) is 0 Å². The Labute approximate surface area is 182 Å². The van der Waals surface area contributed by atoms with E-state index in [1.807, 2.05) is 0 Å².